The molecule has 0 aromatic heterocycles. The molecule has 0 saturated carbocycles. The Balaban J connectivity index is 2.41. The molecular formula is C20H24N2O5S. The summed E-state index contributed by atoms with van der Waals surface area (Å²) < 4.78 is 33.0. The van der Waals surface area contributed by atoms with Gasteiger partial charge in [0.2, 0.25) is 0 Å². The molecule has 0 radical (unpaired) electrons. The molecule has 150 valence electrons. The van der Waals surface area contributed by atoms with Crippen LogP contribution >= 0.6 is 0 Å². The van der Waals surface area contributed by atoms with Crippen molar-refractivity contribution in [3.8, 4) is 0 Å². The van der Waals surface area contributed by atoms with Gasteiger partial charge in [-0.2, -0.15) is 0 Å². The normalized spacial score (nSPS) is 12.1. The predicted molar refractivity (Wildman–Crippen MR) is 107 cm³/mol. The Hall–Kier alpha value is -2.87. The number of aryl methyl sites for hydroxylation is 1. The SMILES string of the molecule is CC[C@H](C)NC(=O)c1ccccc1NS(=O)(=O)c1cc(C(=O)OC)ccc1C. The van der Waals surface area contributed by atoms with Gasteiger partial charge in [0.15, 0.2) is 0 Å². The zero-order valence-corrected chi connectivity index (χ0v) is 17.1. The van der Waals surface area contributed by atoms with Crippen molar-refractivity contribution in [2.45, 2.75) is 38.1 Å². The number of benzene rings is 2. The highest BCUT2D eigenvalue weighted by Crippen LogP contribution is 2.23. The van der Waals surface area contributed by atoms with E-state index in [1.165, 1.54) is 31.4 Å². The van der Waals surface area contributed by atoms with E-state index < -0.39 is 16.0 Å². The van der Waals surface area contributed by atoms with Crippen LogP contribution in [0, 0.1) is 6.92 Å². The molecule has 0 fully saturated rings. The Labute approximate surface area is 165 Å². The van der Waals surface area contributed by atoms with Crippen molar-refractivity contribution >= 4 is 27.6 Å². The molecule has 1 amide bonds. The smallest absolute Gasteiger partial charge is 0.337 e. The van der Waals surface area contributed by atoms with Crippen molar-refractivity contribution in [2.24, 2.45) is 0 Å². The van der Waals surface area contributed by atoms with Crippen molar-refractivity contribution in [3.63, 3.8) is 0 Å². The average molecular weight is 404 g/mol. The van der Waals surface area contributed by atoms with E-state index in [2.05, 4.69) is 14.8 Å². The number of rotatable bonds is 7. The van der Waals surface area contributed by atoms with E-state index in [-0.39, 0.29) is 33.7 Å². The number of nitrogens with one attached hydrogen (secondary N) is 2. The number of sulfonamides is 1. The van der Waals surface area contributed by atoms with Crippen LogP contribution < -0.4 is 10.0 Å². The first-order chi connectivity index (χ1) is 13.2. The molecule has 0 unspecified atom stereocenters. The monoisotopic (exact) mass is 404 g/mol. The third-order valence-electron chi connectivity index (χ3n) is 4.30. The summed E-state index contributed by atoms with van der Waals surface area (Å²) in [7, 11) is -2.81. The largest absolute Gasteiger partial charge is 0.465 e. The summed E-state index contributed by atoms with van der Waals surface area (Å²) in [5.41, 5.74) is 0.956. The second kappa shape index (κ2) is 8.88. The van der Waals surface area contributed by atoms with Crippen LogP contribution in [0.5, 0.6) is 0 Å². The molecule has 0 heterocycles. The summed E-state index contributed by atoms with van der Waals surface area (Å²) in [5, 5.41) is 2.82. The fourth-order valence-electron chi connectivity index (χ4n) is 2.51. The molecule has 1 atom stereocenters. The number of methoxy groups -OCH3 is 1. The molecule has 0 spiro atoms. The van der Waals surface area contributed by atoms with Gasteiger partial charge in [0.05, 0.1) is 28.8 Å². The maximum absolute atomic E-state index is 12.9. The molecule has 0 bridgehead atoms. The molecule has 2 aromatic carbocycles. The van der Waals surface area contributed by atoms with Gasteiger partial charge in [0.1, 0.15) is 0 Å². The molecule has 0 aliphatic rings. The molecule has 0 saturated heterocycles. The van der Waals surface area contributed by atoms with Crippen molar-refractivity contribution in [1.29, 1.82) is 0 Å². The Bertz CT molecular complexity index is 986. The third-order valence-corrected chi connectivity index (χ3v) is 5.81. The van der Waals surface area contributed by atoms with Gasteiger partial charge >= 0.3 is 5.97 Å². The Kier molecular flexibility index (Phi) is 6.80. The predicted octanol–water partition coefficient (Wildman–Crippen LogP) is 3.11. The summed E-state index contributed by atoms with van der Waals surface area (Å²) in [6.07, 6.45) is 0.749. The van der Waals surface area contributed by atoms with Crippen LogP contribution in [-0.4, -0.2) is 33.4 Å². The Morgan fingerprint density at radius 1 is 1.14 bits per heavy atom. The van der Waals surface area contributed by atoms with Gasteiger partial charge in [-0.1, -0.05) is 25.1 Å². The standard InChI is InChI=1S/C20H24N2O5S/c1-5-14(3)21-19(23)16-8-6-7-9-17(16)22-28(25,26)18-12-15(20(24)27-4)11-10-13(18)2/h6-12,14,22H,5H2,1-4H3,(H,21,23)/t14-/m0/s1. The van der Waals surface area contributed by atoms with E-state index in [0.29, 0.717) is 5.56 Å². The van der Waals surface area contributed by atoms with Crippen LogP contribution in [0.1, 0.15) is 46.5 Å². The van der Waals surface area contributed by atoms with Gasteiger partial charge in [-0.3, -0.25) is 9.52 Å². The maximum Gasteiger partial charge on any atom is 0.337 e. The molecule has 2 rings (SSSR count). The number of carbonyl (C=O) groups is 2. The summed E-state index contributed by atoms with van der Waals surface area (Å²) >= 11 is 0. The number of ether oxygens (including phenoxy) is 1. The van der Waals surface area contributed by atoms with Crippen LogP contribution in [0.2, 0.25) is 0 Å². The number of amides is 1. The number of esters is 1. The lowest BCUT2D eigenvalue weighted by atomic mass is 10.1. The minimum absolute atomic E-state index is 0.0452. The number of hydrogen-bond acceptors (Lipinski definition) is 5. The Morgan fingerprint density at radius 2 is 1.82 bits per heavy atom. The summed E-state index contributed by atoms with van der Waals surface area (Å²) in [6.45, 7) is 5.43. The number of anilines is 1. The highest BCUT2D eigenvalue weighted by atomic mass is 32.2. The molecule has 7 nitrogen and oxygen atoms in total. The van der Waals surface area contributed by atoms with E-state index in [1.807, 2.05) is 13.8 Å². The molecule has 2 aromatic rings. The zero-order chi connectivity index (χ0) is 20.9. The quantitative estimate of drug-likeness (QED) is 0.691. The Morgan fingerprint density at radius 3 is 2.46 bits per heavy atom. The highest BCUT2D eigenvalue weighted by Gasteiger charge is 2.22. The fraction of sp³-hybridized carbons (Fsp3) is 0.300. The van der Waals surface area contributed by atoms with Crippen LogP contribution in [0.4, 0.5) is 5.69 Å². The minimum Gasteiger partial charge on any atom is -0.465 e. The van der Waals surface area contributed by atoms with Crippen molar-refractivity contribution in [1.82, 2.24) is 5.32 Å². The minimum atomic E-state index is -4.04. The fourth-order valence-corrected chi connectivity index (χ4v) is 3.86. The number of hydrogen-bond donors (Lipinski definition) is 2. The van der Waals surface area contributed by atoms with E-state index in [1.54, 1.807) is 25.1 Å². The lowest BCUT2D eigenvalue weighted by Crippen LogP contribution is -2.32. The van der Waals surface area contributed by atoms with Gasteiger partial charge in [-0.05, 0) is 50.1 Å². The van der Waals surface area contributed by atoms with E-state index in [4.69, 9.17) is 0 Å². The summed E-state index contributed by atoms with van der Waals surface area (Å²) in [6, 6.07) is 10.6. The van der Waals surface area contributed by atoms with Crippen molar-refractivity contribution in [2.75, 3.05) is 11.8 Å². The van der Waals surface area contributed by atoms with Crippen LogP contribution in [0.15, 0.2) is 47.4 Å². The van der Waals surface area contributed by atoms with Gasteiger partial charge in [0, 0.05) is 6.04 Å². The highest BCUT2D eigenvalue weighted by molar-refractivity contribution is 7.92. The van der Waals surface area contributed by atoms with Gasteiger partial charge in [-0.15, -0.1) is 0 Å². The first-order valence-corrected chi connectivity index (χ1v) is 10.3. The second-order valence-corrected chi connectivity index (χ2v) is 8.06. The zero-order valence-electron chi connectivity index (χ0n) is 16.3. The average Bonchev–Trinajstić information content (AvgIpc) is 2.67. The summed E-state index contributed by atoms with van der Waals surface area (Å²) in [4.78, 5) is 24.2. The van der Waals surface area contributed by atoms with E-state index in [9.17, 15) is 18.0 Å². The van der Waals surface area contributed by atoms with Crippen molar-refractivity contribution in [3.05, 3.63) is 59.2 Å². The second-order valence-electron chi connectivity index (χ2n) is 6.41. The molecular weight excluding hydrogens is 380 g/mol. The first-order valence-electron chi connectivity index (χ1n) is 8.81. The number of carbonyl (C=O) groups excluding carboxylic acids is 2. The van der Waals surface area contributed by atoms with Crippen LogP contribution in [0.3, 0.4) is 0 Å². The molecule has 0 aliphatic heterocycles. The lowest BCUT2D eigenvalue weighted by molar-refractivity contribution is 0.0600. The lowest BCUT2D eigenvalue weighted by Gasteiger charge is -2.16. The molecule has 2 N–H and O–H groups in total. The maximum atomic E-state index is 12.9. The summed E-state index contributed by atoms with van der Waals surface area (Å²) in [5.74, 6) is -1.00. The van der Waals surface area contributed by atoms with E-state index in [0.717, 1.165) is 6.42 Å². The van der Waals surface area contributed by atoms with Crippen LogP contribution in [-0.2, 0) is 14.8 Å². The topological polar surface area (TPSA) is 102 Å². The molecule has 0 aliphatic carbocycles. The van der Waals surface area contributed by atoms with E-state index >= 15 is 0 Å². The van der Waals surface area contributed by atoms with Crippen molar-refractivity contribution < 1.29 is 22.7 Å². The molecule has 8 heteroatoms. The third kappa shape index (κ3) is 4.89. The first kappa shape index (κ1) is 21.4. The van der Waals surface area contributed by atoms with Crippen LogP contribution in [0.25, 0.3) is 0 Å². The molecule has 28 heavy (non-hydrogen) atoms. The number of para-hydroxylation sites is 1. The van der Waals surface area contributed by atoms with Gasteiger partial charge in [0.25, 0.3) is 15.9 Å². The van der Waals surface area contributed by atoms with Gasteiger partial charge in [-0.25, -0.2) is 13.2 Å². The van der Waals surface area contributed by atoms with Gasteiger partial charge < -0.3 is 10.1 Å².